The first-order chi connectivity index (χ1) is 15.2. The van der Waals surface area contributed by atoms with Crippen LogP contribution in [0.1, 0.15) is 71.3 Å². The molecule has 1 saturated heterocycles. The highest BCUT2D eigenvalue weighted by Gasteiger charge is 2.48. The molecule has 2 aliphatic heterocycles. The molecule has 4 rings (SSSR count). The Bertz CT molecular complexity index is 986. The van der Waals surface area contributed by atoms with Crippen molar-refractivity contribution in [3.8, 4) is 11.5 Å². The molecular weight excluding hydrogens is 404 g/mol. The molecule has 0 bridgehead atoms. The van der Waals surface area contributed by atoms with Crippen molar-refractivity contribution >= 4 is 17.4 Å². The molecule has 1 aliphatic carbocycles. The lowest BCUT2D eigenvalue weighted by molar-refractivity contribution is -0.128. The number of ketones is 1. The third kappa shape index (κ3) is 4.19. The second kappa shape index (κ2) is 8.72. The highest BCUT2D eigenvalue weighted by molar-refractivity contribution is 6.12. The second-order valence-corrected chi connectivity index (χ2v) is 10.1. The molecule has 1 aromatic carbocycles. The first-order valence-electron chi connectivity index (χ1n) is 11.8. The summed E-state index contributed by atoms with van der Waals surface area (Å²) in [7, 11) is 0. The van der Waals surface area contributed by atoms with E-state index in [9.17, 15) is 14.7 Å². The number of hydrogen-bond acceptors (Lipinski definition) is 5. The van der Waals surface area contributed by atoms with Crippen LogP contribution in [0.2, 0.25) is 0 Å². The van der Waals surface area contributed by atoms with Crippen LogP contribution in [0, 0.1) is 11.3 Å². The van der Waals surface area contributed by atoms with Crippen molar-refractivity contribution in [1.29, 1.82) is 0 Å². The largest absolute Gasteiger partial charge is 0.504 e. The molecule has 1 saturated carbocycles. The van der Waals surface area contributed by atoms with Crippen LogP contribution in [-0.4, -0.2) is 47.1 Å². The minimum Gasteiger partial charge on any atom is -0.504 e. The van der Waals surface area contributed by atoms with Crippen LogP contribution in [0.5, 0.6) is 11.5 Å². The molecule has 2 atom stereocenters. The number of fused-ring (bicyclic) bond motifs is 1. The van der Waals surface area contributed by atoms with Crippen molar-refractivity contribution in [2.75, 3.05) is 19.7 Å². The number of aliphatic imine (C=N–C) groups is 1. The average Bonchev–Trinajstić information content (AvgIpc) is 2.74. The highest BCUT2D eigenvalue weighted by atomic mass is 16.5. The fourth-order valence-corrected chi connectivity index (χ4v) is 5.49. The number of benzene rings is 1. The summed E-state index contributed by atoms with van der Waals surface area (Å²) in [6, 6.07) is 5.20. The number of carbonyl (C=O) groups excluding carboxylic acids is 2. The van der Waals surface area contributed by atoms with Crippen LogP contribution >= 0.6 is 0 Å². The van der Waals surface area contributed by atoms with E-state index in [1.807, 2.05) is 24.8 Å². The second-order valence-electron chi connectivity index (χ2n) is 10.1. The lowest BCUT2D eigenvalue weighted by Gasteiger charge is -2.42. The van der Waals surface area contributed by atoms with Gasteiger partial charge in [0.2, 0.25) is 0 Å². The molecule has 2 fully saturated rings. The number of piperidine rings is 1. The summed E-state index contributed by atoms with van der Waals surface area (Å²) in [5, 5.41) is 10.2. The van der Waals surface area contributed by atoms with Gasteiger partial charge in [-0.3, -0.25) is 14.6 Å². The zero-order chi connectivity index (χ0) is 23.0. The van der Waals surface area contributed by atoms with Crippen LogP contribution in [0.15, 0.2) is 34.5 Å². The first kappa shape index (κ1) is 22.6. The number of Topliss-reactive ketones (excluding diaryl/α,β-unsaturated/α-hetero) is 1. The van der Waals surface area contributed by atoms with Crippen molar-refractivity contribution in [2.45, 2.75) is 65.7 Å². The van der Waals surface area contributed by atoms with Crippen LogP contribution in [0.4, 0.5) is 0 Å². The summed E-state index contributed by atoms with van der Waals surface area (Å²) in [6.07, 6.45) is 4.34. The van der Waals surface area contributed by atoms with Crippen LogP contribution in [-0.2, 0) is 9.59 Å². The molecule has 1 amide bonds. The summed E-state index contributed by atoms with van der Waals surface area (Å²) in [5.41, 5.74) is 2.86. The van der Waals surface area contributed by atoms with E-state index in [-0.39, 0.29) is 22.9 Å². The van der Waals surface area contributed by atoms with E-state index in [1.54, 1.807) is 12.1 Å². The normalized spacial score (nSPS) is 25.3. The summed E-state index contributed by atoms with van der Waals surface area (Å²) in [6.45, 7) is 9.84. The molecule has 2 heterocycles. The van der Waals surface area contributed by atoms with E-state index in [2.05, 4.69) is 13.8 Å². The standard InChI is InChI=1S/C26H34N2O4/c1-5-32-21-13-17(9-10-19(21)29)23-22(25(31)28-11-7-6-8-12-28)16(2)27-18-14-26(3,4)15-20(30)24(18)23/h9-10,13,23-24,29H,5-8,11-12,14-15H2,1-4H3/t23-,24?/m1/s1. The van der Waals surface area contributed by atoms with E-state index < -0.39 is 11.8 Å². The van der Waals surface area contributed by atoms with Gasteiger partial charge < -0.3 is 14.7 Å². The Morgan fingerprint density at radius 3 is 2.59 bits per heavy atom. The molecule has 6 nitrogen and oxygen atoms in total. The maximum Gasteiger partial charge on any atom is 0.252 e. The van der Waals surface area contributed by atoms with Crippen molar-refractivity contribution in [3.63, 3.8) is 0 Å². The molecule has 1 aromatic rings. The number of amides is 1. The number of aromatic hydroxyl groups is 1. The Labute approximate surface area is 190 Å². The third-order valence-electron chi connectivity index (χ3n) is 6.88. The summed E-state index contributed by atoms with van der Waals surface area (Å²) >= 11 is 0. The number of phenols is 1. The van der Waals surface area contributed by atoms with Gasteiger partial charge in [0, 0.05) is 42.4 Å². The zero-order valence-corrected chi connectivity index (χ0v) is 19.6. The number of rotatable bonds is 4. The number of allylic oxidation sites excluding steroid dienone is 1. The summed E-state index contributed by atoms with van der Waals surface area (Å²) < 4.78 is 5.63. The maximum absolute atomic E-state index is 13.7. The van der Waals surface area contributed by atoms with Gasteiger partial charge in [-0.1, -0.05) is 19.9 Å². The zero-order valence-electron chi connectivity index (χ0n) is 19.6. The first-order valence-corrected chi connectivity index (χ1v) is 11.8. The lowest BCUT2D eigenvalue weighted by Crippen LogP contribution is -2.46. The molecule has 3 aliphatic rings. The van der Waals surface area contributed by atoms with Gasteiger partial charge >= 0.3 is 0 Å². The van der Waals surface area contributed by atoms with E-state index in [1.165, 1.54) is 0 Å². The number of carbonyl (C=O) groups is 2. The highest BCUT2D eigenvalue weighted by Crippen LogP contribution is 2.48. The minimum atomic E-state index is -0.450. The van der Waals surface area contributed by atoms with Gasteiger partial charge in [-0.2, -0.15) is 0 Å². The predicted molar refractivity (Wildman–Crippen MR) is 124 cm³/mol. The van der Waals surface area contributed by atoms with Gasteiger partial charge in [-0.15, -0.1) is 0 Å². The molecular formula is C26H34N2O4. The predicted octanol–water partition coefficient (Wildman–Crippen LogP) is 4.62. The Kier molecular flexibility index (Phi) is 6.15. The number of likely N-dealkylation sites (tertiary alicyclic amines) is 1. The summed E-state index contributed by atoms with van der Waals surface area (Å²) in [4.78, 5) is 33.9. The van der Waals surface area contributed by atoms with E-state index in [0.717, 1.165) is 50.0 Å². The van der Waals surface area contributed by atoms with Crippen molar-refractivity contribution < 1.29 is 19.4 Å². The molecule has 0 spiro atoms. The Morgan fingerprint density at radius 2 is 1.91 bits per heavy atom. The topological polar surface area (TPSA) is 79.2 Å². The molecule has 172 valence electrons. The van der Waals surface area contributed by atoms with Crippen molar-refractivity contribution in [1.82, 2.24) is 4.90 Å². The SMILES string of the molecule is CCOc1cc([C@@H]2C(C(=O)N3CCCCC3)=C(C)N=C3CC(C)(C)CC(=O)C32)ccc1O. The van der Waals surface area contributed by atoms with Crippen molar-refractivity contribution in [3.05, 3.63) is 35.0 Å². The molecule has 32 heavy (non-hydrogen) atoms. The number of phenolic OH excluding ortho intramolecular Hbond substituents is 1. The molecule has 1 N–H and O–H groups in total. The van der Waals surface area contributed by atoms with Crippen molar-refractivity contribution in [2.24, 2.45) is 16.3 Å². The van der Waals surface area contributed by atoms with Gasteiger partial charge in [0.05, 0.1) is 12.5 Å². The smallest absolute Gasteiger partial charge is 0.252 e. The lowest BCUT2D eigenvalue weighted by atomic mass is 9.63. The Hall–Kier alpha value is -2.63. The van der Waals surface area contributed by atoms with Gasteiger partial charge in [-0.25, -0.2) is 0 Å². The third-order valence-corrected chi connectivity index (χ3v) is 6.88. The van der Waals surface area contributed by atoms with Gasteiger partial charge in [0.15, 0.2) is 11.5 Å². The molecule has 6 heteroatoms. The molecule has 0 aromatic heterocycles. The van der Waals surface area contributed by atoms with Gasteiger partial charge in [-0.05, 0) is 62.6 Å². The maximum atomic E-state index is 13.7. The quantitative estimate of drug-likeness (QED) is 0.744. The van der Waals surface area contributed by atoms with E-state index >= 15 is 0 Å². The minimum absolute atomic E-state index is 0.0151. The number of ether oxygens (including phenoxy) is 1. The fourth-order valence-electron chi connectivity index (χ4n) is 5.49. The molecule has 1 unspecified atom stereocenters. The average molecular weight is 439 g/mol. The Balaban J connectivity index is 1.84. The number of nitrogens with zero attached hydrogens (tertiary/aromatic N) is 2. The van der Waals surface area contributed by atoms with E-state index in [0.29, 0.717) is 30.0 Å². The van der Waals surface area contributed by atoms with Gasteiger partial charge in [0.25, 0.3) is 5.91 Å². The van der Waals surface area contributed by atoms with Crippen LogP contribution in [0.25, 0.3) is 0 Å². The molecule has 0 radical (unpaired) electrons. The van der Waals surface area contributed by atoms with Crippen LogP contribution in [0.3, 0.4) is 0 Å². The van der Waals surface area contributed by atoms with Crippen LogP contribution < -0.4 is 4.74 Å². The Morgan fingerprint density at radius 1 is 1.19 bits per heavy atom. The summed E-state index contributed by atoms with van der Waals surface area (Å²) in [5.74, 6) is -0.318. The van der Waals surface area contributed by atoms with Gasteiger partial charge in [0.1, 0.15) is 5.78 Å². The monoisotopic (exact) mass is 438 g/mol. The number of hydrogen-bond donors (Lipinski definition) is 1. The van der Waals surface area contributed by atoms with E-state index in [4.69, 9.17) is 9.73 Å². The fraction of sp³-hybridized carbons (Fsp3) is 0.577.